The van der Waals surface area contributed by atoms with Gasteiger partial charge >= 0.3 is 0 Å². The van der Waals surface area contributed by atoms with E-state index < -0.39 is 0 Å². The maximum Gasteiger partial charge on any atom is 0.139 e. The number of aromatic nitrogens is 6. The molecule has 9 heteroatoms. The maximum absolute atomic E-state index is 6.00. The summed E-state index contributed by atoms with van der Waals surface area (Å²) in [6.45, 7) is 0. The minimum atomic E-state index is 0.685. The van der Waals surface area contributed by atoms with Gasteiger partial charge < -0.3 is 0 Å². The van der Waals surface area contributed by atoms with Gasteiger partial charge in [0.05, 0.1) is 23.8 Å². The van der Waals surface area contributed by atoms with Crippen molar-refractivity contribution >= 4 is 50.4 Å². The number of imidazole rings is 2. The van der Waals surface area contributed by atoms with Gasteiger partial charge in [0.25, 0.3) is 0 Å². The monoisotopic (exact) mass is 524 g/mol. The largest absolute Gasteiger partial charge is 0.300 e. The molecule has 0 radical (unpaired) electrons. The zero-order chi connectivity index (χ0) is 22.1. The number of nitrogens with zero attached hydrogens (tertiary/aromatic N) is 6. The summed E-state index contributed by atoms with van der Waals surface area (Å²) in [6, 6.07) is 17.4. The van der Waals surface area contributed by atoms with Crippen LogP contribution >= 0.6 is 39.1 Å². The Balaban J connectivity index is 0.000000165. The topological polar surface area (TPSA) is 52.4 Å². The summed E-state index contributed by atoms with van der Waals surface area (Å²) in [4.78, 5) is 8.52. The van der Waals surface area contributed by atoms with Gasteiger partial charge in [0.2, 0.25) is 0 Å². The molecule has 0 aliphatic heterocycles. The van der Waals surface area contributed by atoms with Crippen molar-refractivity contribution in [3.8, 4) is 16.9 Å². The fourth-order valence-electron chi connectivity index (χ4n) is 3.32. The minimum Gasteiger partial charge on any atom is -0.300 e. The highest BCUT2D eigenvalue weighted by Gasteiger charge is 2.07. The average Bonchev–Trinajstić information content (AvgIpc) is 3.54. The van der Waals surface area contributed by atoms with Crippen molar-refractivity contribution in [2.45, 2.75) is 0 Å². The van der Waals surface area contributed by atoms with Crippen molar-refractivity contribution in [3.05, 3.63) is 106 Å². The number of pyridine rings is 2. The van der Waals surface area contributed by atoms with Gasteiger partial charge in [0, 0.05) is 52.5 Å². The van der Waals surface area contributed by atoms with Crippen LogP contribution in [-0.4, -0.2) is 28.5 Å². The van der Waals surface area contributed by atoms with E-state index in [0.29, 0.717) is 10.0 Å². The summed E-state index contributed by atoms with van der Waals surface area (Å²) in [6.07, 6.45) is 11.1. The molecule has 0 saturated heterocycles. The van der Waals surface area contributed by atoms with E-state index in [1.54, 1.807) is 12.4 Å². The smallest absolute Gasteiger partial charge is 0.139 e. The quantitative estimate of drug-likeness (QED) is 0.256. The second-order valence-corrected chi connectivity index (χ2v) is 8.56. The third-order valence-corrected chi connectivity index (χ3v) is 5.87. The number of rotatable bonds is 2. The Hall–Kier alpha value is -3.13. The summed E-state index contributed by atoms with van der Waals surface area (Å²) < 4.78 is 6.70. The van der Waals surface area contributed by atoms with E-state index in [1.807, 2.05) is 80.7 Å². The molecule has 158 valence electrons. The summed E-state index contributed by atoms with van der Waals surface area (Å²) in [7, 11) is 0. The summed E-state index contributed by atoms with van der Waals surface area (Å²) in [5.41, 5.74) is 4.81. The van der Waals surface area contributed by atoms with Crippen LogP contribution in [-0.2, 0) is 0 Å². The van der Waals surface area contributed by atoms with Crippen LogP contribution in [0.15, 0.2) is 96.4 Å². The van der Waals surface area contributed by atoms with Crippen LogP contribution in [0.2, 0.25) is 10.0 Å². The van der Waals surface area contributed by atoms with Gasteiger partial charge in [-0.1, -0.05) is 35.3 Å². The second kappa shape index (κ2) is 8.78. The van der Waals surface area contributed by atoms with Gasteiger partial charge in [0.1, 0.15) is 15.9 Å². The molecule has 0 atom stereocenters. The van der Waals surface area contributed by atoms with Crippen LogP contribution in [0.5, 0.6) is 0 Å². The van der Waals surface area contributed by atoms with Crippen molar-refractivity contribution in [1.29, 1.82) is 0 Å². The van der Waals surface area contributed by atoms with Gasteiger partial charge in [-0.25, -0.2) is 14.6 Å². The Kier molecular flexibility index (Phi) is 5.70. The van der Waals surface area contributed by atoms with Crippen molar-refractivity contribution < 1.29 is 0 Å². The van der Waals surface area contributed by atoms with Gasteiger partial charge in [-0.15, -0.1) is 0 Å². The minimum absolute atomic E-state index is 0.685. The van der Waals surface area contributed by atoms with Gasteiger partial charge in [-0.3, -0.25) is 8.80 Å². The maximum atomic E-state index is 6.00. The Labute approximate surface area is 201 Å². The highest BCUT2D eigenvalue weighted by molar-refractivity contribution is 9.10. The Morgan fingerprint density at radius 3 is 2.22 bits per heavy atom. The average molecular weight is 526 g/mol. The molecule has 5 heterocycles. The van der Waals surface area contributed by atoms with Gasteiger partial charge in [-0.05, 0) is 46.3 Å². The van der Waals surface area contributed by atoms with E-state index in [4.69, 9.17) is 23.2 Å². The van der Waals surface area contributed by atoms with Crippen molar-refractivity contribution in [2.75, 3.05) is 0 Å². The zero-order valence-electron chi connectivity index (χ0n) is 16.5. The molecule has 0 saturated carbocycles. The van der Waals surface area contributed by atoms with Crippen LogP contribution in [0.25, 0.3) is 28.2 Å². The molecule has 0 N–H and O–H groups in total. The molecule has 6 aromatic rings. The van der Waals surface area contributed by atoms with E-state index in [1.165, 1.54) is 0 Å². The first kappa shape index (κ1) is 20.8. The van der Waals surface area contributed by atoms with Crippen LogP contribution in [0.4, 0.5) is 0 Å². The third kappa shape index (κ3) is 4.14. The molecule has 6 rings (SSSR count). The Morgan fingerprint density at radius 1 is 0.750 bits per heavy atom. The molecule has 0 amide bonds. The standard InChI is InChI=1S/C16H11ClN4.C7H4BrClN2/c17-13-5-8-20-15(11-18-16(20)10-13)12-3-1-4-14(9-12)21-7-2-6-19-21;8-6-4-10-7-3-5(9)1-2-11(6)7/h1-11H;1-4H. The number of halogens is 3. The molecule has 6 nitrogen and oxygen atoms in total. The normalized spacial score (nSPS) is 11.0. The molecule has 0 aliphatic carbocycles. The van der Waals surface area contributed by atoms with Crippen LogP contribution in [0.1, 0.15) is 0 Å². The molecule has 0 fully saturated rings. The highest BCUT2D eigenvalue weighted by Crippen LogP contribution is 2.24. The number of hydrogen-bond donors (Lipinski definition) is 0. The van der Waals surface area contributed by atoms with Crippen LogP contribution in [0, 0.1) is 0 Å². The van der Waals surface area contributed by atoms with Gasteiger partial charge in [-0.2, -0.15) is 5.10 Å². The van der Waals surface area contributed by atoms with E-state index in [2.05, 4.69) is 43.1 Å². The van der Waals surface area contributed by atoms with E-state index in [0.717, 1.165) is 32.8 Å². The number of benzene rings is 1. The molecule has 0 unspecified atom stereocenters. The number of hydrogen-bond acceptors (Lipinski definition) is 3. The predicted molar refractivity (Wildman–Crippen MR) is 131 cm³/mol. The lowest BCUT2D eigenvalue weighted by Crippen LogP contribution is -1.95. The first-order valence-corrected chi connectivity index (χ1v) is 11.1. The molecule has 0 spiro atoms. The molecule has 32 heavy (non-hydrogen) atoms. The molecular formula is C23H15BrCl2N6. The third-order valence-electron chi connectivity index (χ3n) is 4.82. The summed E-state index contributed by atoms with van der Waals surface area (Å²) >= 11 is 15.1. The molecular weight excluding hydrogens is 511 g/mol. The lowest BCUT2D eigenvalue weighted by Gasteiger charge is -2.06. The summed E-state index contributed by atoms with van der Waals surface area (Å²) in [5, 5.41) is 5.65. The first-order chi connectivity index (χ1) is 15.6. The van der Waals surface area contributed by atoms with Crippen molar-refractivity contribution in [2.24, 2.45) is 0 Å². The SMILES string of the molecule is Clc1ccn2c(-c3cccc(-n4cccn4)c3)cnc2c1.Clc1ccn2c(Br)cnc2c1. The fraction of sp³-hybridized carbons (Fsp3) is 0. The Morgan fingerprint density at radius 2 is 1.47 bits per heavy atom. The second-order valence-electron chi connectivity index (χ2n) is 6.87. The van der Waals surface area contributed by atoms with Crippen LogP contribution < -0.4 is 0 Å². The summed E-state index contributed by atoms with van der Waals surface area (Å²) in [5.74, 6) is 0. The molecule has 1 aromatic carbocycles. The van der Waals surface area contributed by atoms with Crippen LogP contribution in [0.3, 0.4) is 0 Å². The first-order valence-electron chi connectivity index (χ1n) is 9.60. The zero-order valence-corrected chi connectivity index (χ0v) is 19.6. The fourth-order valence-corrected chi connectivity index (χ4v) is 4.03. The predicted octanol–water partition coefficient (Wildman–Crippen LogP) is 6.59. The molecule has 0 aliphatic rings. The highest BCUT2D eigenvalue weighted by atomic mass is 79.9. The lowest BCUT2D eigenvalue weighted by atomic mass is 10.1. The molecule has 5 aromatic heterocycles. The number of fused-ring (bicyclic) bond motifs is 2. The lowest BCUT2D eigenvalue weighted by molar-refractivity contribution is 0.881. The van der Waals surface area contributed by atoms with Gasteiger partial charge in [0.15, 0.2) is 0 Å². The van der Waals surface area contributed by atoms with E-state index in [9.17, 15) is 0 Å². The van der Waals surface area contributed by atoms with E-state index >= 15 is 0 Å². The van der Waals surface area contributed by atoms with Crippen molar-refractivity contribution in [1.82, 2.24) is 28.5 Å². The Bertz CT molecular complexity index is 1520. The van der Waals surface area contributed by atoms with E-state index in [-0.39, 0.29) is 0 Å². The van der Waals surface area contributed by atoms with Crippen molar-refractivity contribution in [3.63, 3.8) is 0 Å². The molecule has 0 bridgehead atoms.